The molecule has 0 bridgehead atoms. The Morgan fingerprint density at radius 2 is 1.89 bits per heavy atom. The predicted octanol–water partition coefficient (Wildman–Crippen LogP) is 4.66. The third-order valence-electron chi connectivity index (χ3n) is 4.95. The second kappa shape index (κ2) is 7.14. The predicted molar refractivity (Wildman–Crippen MR) is 99.9 cm³/mol. The van der Waals surface area contributed by atoms with Gasteiger partial charge < -0.3 is 9.42 Å². The van der Waals surface area contributed by atoms with Crippen LogP contribution in [0, 0.1) is 11.6 Å². The number of hydrogen-bond acceptors (Lipinski definition) is 4. The van der Waals surface area contributed by atoms with Gasteiger partial charge in [0, 0.05) is 24.6 Å². The van der Waals surface area contributed by atoms with Crippen molar-refractivity contribution in [3.05, 3.63) is 65.6 Å². The molecule has 4 rings (SSSR count). The van der Waals surface area contributed by atoms with Crippen LogP contribution < -0.4 is 4.90 Å². The summed E-state index contributed by atoms with van der Waals surface area (Å²) in [4.78, 5) is 18.1. The first kappa shape index (κ1) is 18.3. The van der Waals surface area contributed by atoms with Crippen molar-refractivity contribution >= 4 is 11.6 Å². The number of nitrogens with zero attached hydrogens (tertiary/aromatic N) is 3. The van der Waals surface area contributed by atoms with Crippen LogP contribution in [0.5, 0.6) is 0 Å². The Morgan fingerprint density at radius 3 is 2.57 bits per heavy atom. The third kappa shape index (κ3) is 3.40. The minimum Gasteiger partial charge on any atom is -0.339 e. The van der Waals surface area contributed by atoms with Gasteiger partial charge >= 0.3 is 0 Å². The van der Waals surface area contributed by atoms with Gasteiger partial charge in [0.15, 0.2) is 0 Å². The van der Waals surface area contributed by atoms with E-state index in [4.69, 9.17) is 4.52 Å². The Morgan fingerprint density at radius 1 is 1.14 bits per heavy atom. The Hall–Kier alpha value is -3.09. The summed E-state index contributed by atoms with van der Waals surface area (Å²) in [5.41, 5.74) is 2.09. The number of anilines is 1. The number of carbonyl (C=O) groups excluding carboxylic acids is 1. The molecular formula is C21H19F2N3O2. The van der Waals surface area contributed by atoms with E-state index >= 15 is 0 Å². The van der Waals surface area contributed by atoms with Crippen molar-refractivity contribution in [2.45, 2.75) is 32.1 Å². The standard InChI is InChI=1S/C21H19F2N3O2/c1-12(2)13-3-5-14(6-4-13)20-24-21(28-25-20)15-9-19(27)26(11-15)18-8-7-16(22)10-17(18)23/h3-8,10,12,15H,9,11H2,1-2H3. The lowest BCUT2D eigenvalue weighted by Crippen LogP contribution is -2.25. The summed E-state index contributed by atoms with van der Waals surface area (Å²) in [6.07, 6.45) is 0.130. The molecule has 2 aromatic carbocycles. The summed E-state index contributed by atoms with van der Waals surface area (Å²) >= 11 is 0. The molecule has 0 aliphatic carbocycles. The van der Waals surface area contributed by atoms with Crippen LogP contribution in [0.1, 0.15) is 43.6 Å². The molecular weight excluding hydrogens is 364 g/mol. The minimum atomic E-state index is -0.773. The van der Waals surface area contributed by atoms with Gasteiger partial charge in [-0.1, -0.05) is 43.3 Å². The number of carbonyl (C=O) groups is 1. The zero-order valence-corrected chi connectivity index (χ0v) is 15.5. The highest BCUT2D eigenvalue weighted by atomic mass is 19.1. The number of hydrogen-bond donors (Lipinski definition) is 0. The summed E-state index contributed by atoms with van der Waals surface area (Å²) in [6.45, 7) is 4.44. The van der Waals surface area contributed by atoms with Gasteiger partial charge in [-0.2, -0.15) is 4.98 Å². The van der Waals surface area contributed by atoms with E-state index in [-0.39, 0.29) is 30.5 Å². The lowest BCUT2D eigenvalue weighted by Gasteiger charge is -2.16. The van der Waals surface area contributed by atoms with E-state index in [1.54, 1.807) is 0 Å². The molecule has 0 N–H and O–H groups in total. The molecule has 1 fully saturated rings. The van der Waals surface area contributed by atoms with E-state index in [0.717, 1.165) is 17.7 Å². The molecule has 1 unspecified atom stereocenters. The highest BCUT2D eigenvalue weighted by Crippen LogP contribution is 2.33. The SMILES string of the molecule is CC(C)c1ccc(-c2noc(C3CC(=O)N(c4ccc(F)cc4F)C3)n2)cc1. The molecule has 2 heterocycles. The molecule has 1 amide bonds. The Kier molecular flexibility index (Phi) is 4.66. The number of benzene rings is 2. The monoisotopic (exact) mass is 383 g/mol. The van der Waals surface area contributed by atoms with Gasteiger partial charge in [-0.05, 0) is 23.6 Å². The van der Waals surface area contributed by atoms with Crippen molar-refractivity contribution in [1.82, 2.24) is 10.1 Å². The quantitative estimate of drug-likeness (QED) is 0.658. The summed E-state index contributed by atoms with van der Waals surface area (Å²) < 4.78 is 32.5. The van der Waals surface area contributed by atoms with E-state index in [0.29, 0.717) is 17.6 Å². The number of aromatic nitrogens is 2. The Balaban J connectivity index is 1.54. The molecule has 1 atom stereocenters. The number of rotatable bonds is 4. The highest BCUT2D eigenvalue weighted by Gasteiger charge is 2.36. The third-order valence-corrected chi connectivity index (χ3v) is 4.95. The van der Waals surface area contributed by atoms with Gasteiger partial charge in [0.25, 0.3) is 0 Å². The van der Waals surface area contributed by atoms with Crippen LogP contribution in [0.4, 0.5) is 14.5 Å². The molecule has 0 saturated carbocycles. The summed E-state index contributed by atoms with van der Waals surface area (Å²) in [5.74, 6) is -0.854. The van der Waals surface area contributed by atoms with Crippen LogP contribution in [0.15, 0.2) is 47.0 Å². The Bertz CT molecular complexity index is 1010. The number of amides is 1. The van der Waals surface area contributed by atoms with Crippen molar-refractivity contribution in [2.75, 3.05) is 11.4 Å². The zero-order valence-electron chi connectivity index (χ0n) is 15.5. The van der Waals surface area contributed by atoms with Crippen LogP contribution in [-0.2, 0) is 4.79 Å². The van der Waals surface area contributed by atoms with Crippen molar-refractivity contribution in [1.29, 1.82) is 0 Å². The van der Waals surface area contributed by atoms with E-state index in [1.807, 2.05) is 24.3 Å². The van der Waals surface area contributed by atoms with Gasteiger partial charge in [0.2, 0.25) is 17.6 Å². The van der Waals surface area contributed by atoms with E-state index in [2.05, 4.69) is 24.0 Å². The first-order chi connectivity index (χ1) is 13.4. The van der Waals surface area contributed by atoms with Crippen molar-refractivity contribution in [2.24, 2.45) is 0 Å². The van der Waals surface area contributed by atoms with E-state index in [1.165, 1.54) is 16.5 Å². The molecule has 0 radical (unpaired) electrons. The molecule has 7 heteroatoms. The molecule has 5 nitrogen and oxygen atoms in total. The minimum absolute atomic E-state index is 0.0536. The molecule has 1 aliphatic heterocycles. The highest BCUT2D eigenvalue weighted by molar-refractivity contribution is 5.96. The molecule has 3 aromatic rings. The maximum absolute atomic E-state index is 14.0. The largest absolute Gasteiger partial charge is 0.339 e. The Labute approximate surface area is 161 Å². The fourth-order valence-corrected chi connectivity index (χ4v) is 3.34. The van der Waals surface area contributed by atoms with Crippen molar-refractivity contribution in [3.8, 4) is 11.4 Å². The first-order valence-electron chi connectivity index (χ1n) is 9.11. The maximum atomic E-state index is 14.0. The lowest BCUT2D eigenvalue weighted by molar-refractivity contribution is -0.117. The summed E-state index contributed by atoms with van der Waals surface area (Å²) in [7, 11) is 0. The topological polar surface area (TPSA) is 59.2 Å². The average molecular weight is 383 g/mol. The average Bonchev–Trinajstić information content (AvgIpc) is 3.29. The molecule has 28 heavy (non-hydrogen) atoms. The lowest BCUT2D eigenvalue weighted by atomic mass is 10.0. The second-order valence-corrected chi connectivity index (χ2v) is 7.23. The second-order valence-electron chi connectivity index (χ2n) is 7.23. The van der Waals surface area contributed by atoms with Crippen LogP contribution >= 0.6 is 0 Å². The van der Waals surface area contributed by atoms with E-state index < -0.39 is 11.6 Å². The molecule has 0 spiro atoms. The molecule has 1 aliphatic rings. The van der Waals surface area contributed by atoms with Crippen LogP contribution in [0.2, 0.25) is 0 Å². The van der Waals surface area contributed by atoms with Gasteiger partial charge in [0.05, 0.1) is 11.6 Å². The fraction of sp³-hybridized carbons (Fsp3) is 0.286. The van der Waals surface area contributed by atoms with Crippen LogP contribution in [0.25, 0.3) is 11.4 Å². The van der Waals surface area contributed by atoms with Gasteiger partial charge in [0.1, 0.15) is 11.6 Å². The van der Waals surface area contributed by atoms with Gasteiger partial charge in [-0.25, -0.2) is 8.78 Å². The maximum Gasteiger partial charge on any atom is 0.232 e. The van der Waals surface area contributed by atoms with Crippen LogP contribution in [0.3, 0.4) is 0 Å². The molecule has 144 valence electrons. The smallest absolute Gasteiger partial charge is 0.232 e. The summed E-state index contributed by atoms with van der Waals surface area (Å²) in [5, 5.41) is 4.02. The van der Waals surface area contributed by atoms with E-state index in [9.17, 15) is 13.6 Å². The fourth-order valence-electron chi connectivity index (χ4n) is 3.34. The summed E-state index contributed by atoms with van der Waals surface area (Å²) in [6, 6.07) is 11.1. The van der Waals surface area contributed by atoms with Gasteiger partial charge in [-0.3, -0.25) is 4.79 Å². The van der Waals surface area contributed by atoms with Gasteiger partial charge in [-0.15, -0.1) is 0 Å². The zero-order chi connectivity index (χ0) is 19.8. The van der Waals surface area contributed by atoms with Crippen molar-refractivity contribution < 1.29 is 18.1 Å². The normalized spacial score (nSPS) is 17.0. The molecule has 1 saturated heterocycles. The number of halogens is 2. The van der Waals surface area contributed by atoms with Crippen molar-refractivity contribution in [3.63, 3.8) is 0 Å². The molecule has 1 aromatic heterocycles. The first-order valence-corrected chi connectivity index (χ1v) is 9.11. The van der Waals surface area contributed by atoms with Crippen LogP contribution in [-0.4, -0.2) is 22.6 Å².